The first kappa shape index (κ1) is 16.3. The molecule has 1 aliphatic heterocycles. The van der Waals surface area contributed by atoms with Crippen molar-refractivity contribution in [2.24, 2.45) is 5.92 Å². The van der Waals surface area contributed by atoms with Gasteiger partial charge >= 0.3 is 5.97 Å². The number of anilines is 1. The molecule has 1 unspecified atom stereocenters. The van der Waals surface area contributed by atoms with E-state index >= 15 is 0 Å². The van der Waals surface area contributed by atoms with Crippen LogP contribution in [0.4, 0.5) is 11.4 Å². The zero-order chi connectivity index (χ0) is 16.3. The Morgan fingerprint density at radius 2 is 2.18 bits per heavy atom. The van der Waals surface area contributed by atoms with Gasteiger partial charge in [0, 0.05) is 24.3 Å². The maximum absolute atomic E-state index is 12.0. The number of hydrogen-bond acceptors (Lipinski definition) is 5. The van der Waals surface area contributed by atoms with Crippen LogP contribution in [0.5, 0.6) is 0 Å². The van der Waals surface area contributed by atoms with Crippen LogP contribution in [-0.4, -0.2) is 30.1 Å². The summed E-state index contributed by atoms with van der Waals surface area (Å²) in [5.74, 6) is 0.0305. The summed E-state index contributed by atoms with van der Waals surface area (Å²) in [4.78, 5) is 24.8. The van der Waals surface area contributed by atoms with E-state index < -0.39 is 10.9 Å². The van der Waals surface area contributed by atoms with Crippen LogP contribution in [0.3, 0.4) is 0 Å². The first-order valence-electron chi connectivity index (χ1n) is 7.66. The van der Waals surface area contributed by atoms with E-state index in [4.69, 9.17) is 4.74 Å². The molecule has 1 aliphatic rings. The molecular formula is C16H22N2O4. The number of nitro groups is 1. The van der Waals surface area contributed by atoms with E-state index in [1.54, 1.807) is 19.1 Å². The monoisotopic (exact) mass is 306 g/mol. The molecule has 6 heteroatoms. The largest absolute Gasteiger partial charge is 0.462 e. The van der Waals surface area contributed by atoms with E-state index in [2.05, 4.69) is 18.7 Å². The average molecular weight is 306 g/mol. The highest BCUT2D eigenvalue weighted by molar-refractivity contribution is 5.95. The van der Waals surface area contributed by atoms with Gasteiger partial charge < -0.3 is 9.64 Å². The zero-order valence-electron chi connectivity index (χ0n) is 13.2. The summed E-state index contributed by atoms with van der Waals surface area (Å²) in [5, 5.41) is 11.1. The van der Waals surface area contributed by atoms with Crippen LogP contribution in [-0.2, 0) is 4.74 Å². The summed E-state index contributed by atoms with van der Waals surface area (Å²) >= 11 is 0. The van der Waals surface area contributed by atoms with E-state index in [0.717, 1.165) is 25.1 Å². The number of ether oxygens (including phenoxy) is 1. The normalized spacial score (nSPS) is 21.5. The molecule has 1 saturated heterocycles. The van der Waals surface area contributed by atoms with Crippen molar-refractivity contribution >= 4 is 17.3 Å². The minimum Gasteiger partial charge on any atom is -0.462 e. The van der Waals surface area contributed by atoms with Gasteiger partial charge in [-0.1, -0.05) is 6.92 Å². The molecule has 0 bridgehead atoms. The second kappa shape index (κ2) is 6.77. The predicted octanol–water partition coefficient (Wildman–Crippen LogP) is 3.40. The second-order valence-electron chi connectivity index (χ2n) is 5.85. The lowest BCUT2D eigenvalue weighted by atomic mass is 9.92. The summed E-state index contributed by atoms with van der Waals surface area (Å²) in [5.41, 5.74) is 0.656. The molecule has 0 aliphatic carbocycles. The summed E-state index contributed by atoms with van der Waals surface area (Å²) in [7, 11) is 0. The van der Waals surface area contributed by atoms with Crippen molar-refractivity contribution in [1.29, 1.82) is 0 Å². The van der Waals surface area contributed by atoms with Crippen molar-refractivity contribution in [3.8, 4) is 0 Å². The highest BCUT2D eigenvalue weighted by Crippen LogP contribution is 2.31. The van der Waals surface area contributed by atoms with Gasteiger partial charge in [-0.25, -0.2) is 4.79 Å². The van der Waals surface area contributed by atoms with Crippen LogP contribution < -0.4 is 4.90 Å². The lowest BCUT2D eigenvalue weighted by Gasteiger charge is -2.38. The minimum atomic E-state index is -0.644. The molecule has 0 radical (unpaired) electrons. The van der Waals surface area contributed by atoms with Crippen molar-refractivity contribution in [1.82, 2.24) is 0 Å². The van der Waals surface area contributed by atoms with Gasteiger partial charge in [-0.05, 0) is 44.7 Å². The van der Waals surface area contributed by atoms with Crippen molar-refractivity contribution in [3.05, 3.63) is 33.9 Å². The lowest BCUT2D eigenvalue weighted by Crippen LogP contribution is -2.40. The molecule has 22 heavy (non-hydrogen) atoms. The van der Waals surface area contributed by atoms with Gasteiger partial charge in [0.2, 0.25) is 0 Å². The third-order valence-electron chi connectivity index (χ3n) is 4.14. The number of rotatable bonds is 4. The van der Waals surface area contributed by atoms with Crippen LogP contribution in [0.15, 0.2) is 18.2 Å². The third kappa shape index (κ3) is 3.37. The second-order valence-corrected chi connectivity index (χ2v) is 5.85. The van der Waals surface area contributed by atoms with Crippen LogP contribution in [0.25, 0.3) is 0 Å². The predicted molar refractivity (Wildman–Crippen MR) is 84.3 cm³/mol. The number of nitrogens with zero attached hydrogens (tertiary/aromatic N) is 2. The van der Waals surface area contributed by atoms with Crippen molar-refractivity contribution < 1.29 is 14.5 Å². The zero-order valence-corrected chi connectivity index (χ0v) is 13.2. The Labute approximate surface area is 130 Å². The molecule has 2 atom stereocenters. The lowest BCUT2D eigenvalue weighted by molar-refractivity contribution is -0.385. The fraction of sp³-hybridized carbons (Fsp3) is 0.562. The van der Waals surface area contributed by atoms with Gasteiger partial charge in [0.15, 0.2) is 0 Å². The smallest absolute Gasteiger partial charge is 0.345 e. The van der Waals surface area contributed by atoms with Gasteiger partial charge in [0.05, 0.1) is 11.5 Å². The van der Waals surface area contributed by atoms with Crippen molar-refractivity contribution in [3.63, 3.8) is 0 Å². The van der Waals surface area contributed by atoms with Gasteiger partial charge in [0.25, 0.3) is 5.69 Å². The number of nitro benzene ring substituents is 1. The minimum absolute atomic E-state index is 0.0233. The first-order chi connectivity index (χ1) is 10.4. The molecule has 1 aromatic carbocycles. The van der Waals surface area contributed by atoms with E-state index in [0.29, 0.717) is 12.0 Å². The van der Waals surface area contributed by atoms with Crippen LogP contribution in [0.1, 0.15) is 44.0 Å². The van der Waals surface area contributed by atoms with E-state index in [1.807, 2.05) is 0 Å². The summed E-state index contributed by atoms with van der Waals surface area (Å²) < 4.78 is 4.94. The molecule has 6 nitrogen and oxygen atoms in total. The molecule has 2 rings (SSSR count). The highest BCUT2D eigenvalue weighted by atomic mass is 16.6. The fourth-order valence-corrected chi connectivity index (χ4v) is 3.03. The first-order valence-corrected chi connectivity index (χ1v) is 7.66. The number of benzene rings is 1. The Bertz CT molecular complexity index is 573. The SMILES string of the molecule is CCOC(=O)c1cc(N2CCC(C)C[C@H]2C)ccc1[N+](=O)[O-]. The Hall–Kier alpha value is -2.11. The maximum Gasteiger partial charge on any atom is 0.345 e. The van der Waals surface area contributed by atoms with Gasteiger partial charge in [0.1, 0.15) is 5.56 Å². The molecule has 1 heterocycles. The average Bonchev–Trinajstić information content (AvgIpc) is 2.46. The van der Waals surface area contributed by atoms with Crippen LogP contribution in [0.2, 0.25) is 0 Å². The Balaban J connectivity index is 2.36. The highest BCUT2D eigenvalue weighted by Gasteiger charge is 2.27. The number of esters is 1. The van der Waals surface area contributed by atoms with Crippen molar-refractivity contribution in [2.45, 2.75) is 39.7 Å². The van der Waals surface area contributed by atoms with E-state index in [1.165, 1.54) is 6.07 Å². The van der Waals surface area contributed by atoms with Crippen LogP contribution >= 0.6 is 0 Å². The molecular weight excluding hydrogens is 284 g/mol. The number of carbonyl (C=O) groups is 1. The maximum atomic E-state index is 12.0. The summed E-state index contributed by atoms with van der Waals surface area (Å²) in [6, 6.07) is 5.04. The molecule has 1 fully saturated rings. The number of hydrogen-bond donors (Lipinski definition) is 0. The standard InChI is InChI=1S/C16H22N2O4/c1-4-22-16(19)14-10-13(5-6-15(14)18(20)21)17-8-7-11(2)9-12(17)3/h5-6,10-12H,4,7-9H2,1-3H3/t11?,12-/m1/s1. The third-order valence-corrected chi connectivity index (χ3v) is 4.14. The Morgan fingerprint density at radius 1 is 1.45 bits per heavy atom. The molecule has 1 aromatic rings. The Morgan fingerprint density at radius 3 is 2.77 bits per heavy atom. The van der Waals surface area contributed by atoms with Gasteiger partial charge in [-0.15, -0.1) is 0 Å². The van der Waals surface area contributed by atoms with Gasteiger partial charge in [-0.3, -0.25) is 10.1 Å². The summed E-state index contributed by atoms with van der Waals surface area (Å²) in [6.45, 7) is 7.14. The molecule has 0 N–H and O–H groups in total. The number of carbonyl (C=O) groups excluding carboxylic acids is 1. The Kier molecular flexibility index (Phi) is 5.00. The molecule has 0 saturated carbocycles. The van der Waals surface area contributed by atoms with E-state index in [-0.39, 0.29) is 17.9 Å². The van der Waals surface area contributed by atoms with Gasteiger partial charge in [-0.2, -0.15) is 0 Å². The molecule has 120 valence electrons. The number of piperidine rings is 1. The quantitative estimate of drug-likeness (QED) is 0.484. The summed E-state index contributed by atoms with van der Waals surface area (Å²) in [6.07, 6.45) is 2.15. The topological polar surface area (TPSA) is 72.7 Å². The van der Waals surface area contributed by atoms with Crippen molar-refractivity contribution in [2.75, 3.05) is 18.1 Å². The molecule has 0 spiro atoms. The fourth-order valence-electron chi connectivity index (χ4n) is 3.03. The molecule has 0 amide bonds. The van der Waals surface area contributed by atoms with E-state index in [9.17, 15) is 14.9 Å². The van der Waals surface area contributed by atoms with Crippen LogP contribution in [0, 0.1) is 16.0 Å². The molecule has 0 aromatic heterocycles.